The average molecular weight is 400 g/mol. The summed E-state index contributed by atoms with van der Waals surface area (Å²) >= 11 is 1.70. The van der Waals surface area contributed by atoms with Gasteiger partial charge in [0.15, 0.2) is 5.76 Å². The van der Waals surface area contributed by atoms with E-state index in [0.717, 1.165) is 12.0 Å². The van der Waals surface area contributed by atoms with E-state index in [4.69, 9.17) is 9.26 Å². The Bertz CT molecular complexity index is 895. The Kier molecular flexibility index (Phi) is 7.22. The van der Waals surface area contributed by atoms with Crippen molar-refractivity contribution in [2.75, 3.05) is 19.4 Å². The highest BCUT2D eigenvalue weighted by molar-refractivity contribution is 7.98. The molecular formula is C21H21FN2O3S. The number of hydrogen-bond acceptors (Lipinski definition) is 5. The number of carbonyl (C=O) groups is 1. The lowest BCUT2D eigenvalue weighted by atomic mass is 10.1. The van der Waals surface area contributed by atoms with Gasteiger partial charge in [-0.1, -0.05) is 17.3 Å². The van der Waals surface area contributed by atoms with Crippen LogP contribution in [0.4, 0.5) is 4.39 Å². The summed E-state index contributed by atoms with van der Waals surface area (Å²) in [7, 11) is 0. The van der Waals surface area contributed by atoms with E-state index in [1.54, 1.807) is 30.0 Å². The Balaban J connectivity index is 1.36. The fourth-order valence-corrected chi connectivity index (χ4v) is 2.98. The Labute approximate surface area is 167 Å². The summed E-state index contributed by atoms with van der Waals surface area (Å²) < 4.78 is 23.6. The molecule has 0 unspecified atom stereocenters. The fourth-order valence-electron chi connectivity index (χ4n) is 2.57. The molecule has 28 heavy (non-hydrogen) atoms. The first-order valence-corrected chi connectivity index (χ1v) is 10.1. The lowest BCUT2D eigenvalue weighted by Crippen LogP contribution is -2.29. The summed E-state index contributed by atoms with van der Waals surface area (Å²) in [5.74, 6) is 0.0355. The molecular weight excluding hydrogens is 379 g/mol. The van der Waals surface area contributed by atoms with Crippen LogP contribution >= 0.6 is 11.8 Å². The van der Waals surface area contributed by atoms with Crippen molar-refractivity contribution in [3.05, 3.63) is 71.7 Å². The van der Waals surface area contributed by atoms with Gasteiger partial charge in [0.25, 0.3) is 0 Å². The van der Waals surface area contributed by atoms with E-state index in [-0.39, 0.29) is 24.9 Å². The van der Waals surface area contributed by atoms with Crippen LogP contribution in [0.1, 0.15) is 11.3 Å². The first-order chi connectivity index (χ1) is 13.6. The molecule has 7 heteroatoms. The zero-order chi connectivity index (χ0) is 19.8. The van der Waals surface area contributed by atoms with E-state index >= 15 is 0 Å². The molecule has 1 amide bonds. The van der Waals surface area contributed by atoms with E-state index in [0.29, 0.717) is 18.0 Å². The van der Waals surface area contributed by atoms with Crippen molar-refractivity contribution in [1.29, 1.82) is 0 Å². The topological polar surface area (TPSA) is 64.4 Å². The second kappa shape index (κ2) is 10.1. The summed E-state index contributed by atoms with van der Waals surface area (Å²) in [6, 6.07) is 15.9. The number of hydrogen-bond donors (Lipinski definition) is 1. The van der Waals surface area contributed by atoms with Gasteiger partial charge < -0.3 is 14.6 Å². The molecule has 0 bridgehead atoms. The summed E-state index contributed by atoms with van der Waals surface area (Å²) in [5, 5.41) is 6.73. The molecule has 0 radical (unpaired) electrons. The zero-order valence-electron chi connectivity index (χ0n) is 15.5. The molecule has 0 aliphatic heterocycles. The minimum absolute atomic E-state index is 0.0514. The first kappa shape index (κ1) is 20.1. The van der Waals surface area contributed by atoms with Crippen molar-refractivity contribution >= 4 is 17.7 Å². The highest BCUT2D eigenvalue weighted by atomic mass is 32.2. The fraction of sp³-hybridized carbons (Fsp3) is 0.238. The second-order valence-electron chi connectivity index (χ2n) is 6.13. The maximum Gasteiger partial charge on any atom is 0.246 e. The quantitative estimate of drug-likeness (QED) is 0.549. The number of nitrogens with zero attached hydrogens (tertiary/aromatic N) is 1. The lowest BCUT2D eigenvalue weighted by Gasteiger charge is -2.06. The summed E-state index contributed by atoms with van der Waals surface area (Å²) in [6.45, 7) is 0.665. The SMILES string of the molecule is CSc1ccc(CCNC(=O)COCc2cc(-c3ccc(F)cc3)on2)cc1. The maximum atomic E-state index is 13.0. The third-order valence-corrected chi connectivity index (χ3v) is 4.81. The third-order valence-electron chi connectivity index (χ3n) is 4.07. The van der Waals surface area contributed by atoms with Gasteiger partial charge in [-0.3, -0.25) is 4.79 Å². The number of aromatic nitrogens is 1. The second-order valence-corrected chi connectivity index (χ2v) is 7.01. The van der Waals surface area contributed by atoms with Gasteiger partial charge in [0.05, 0.1) is 6.61 Å². The minimum atomic E-state index is -0.310. The number of amides is 1. The minimum Gasteiger partial charge on any atom is -0.365 e. The number of thioether (sulfide) groups is 1. The molecule has 1 heterocycles. The van der Waals surface area contributed by atoms with Crippen LogP contribution in [0.5, 0.6) is 0 Å². The van der Waals surface area contributed by atoms with E-state index in [1.165, 1.54) is 22.6 Å². The number of carbonyl (C=O) groups excluding carboxylic acids is 1. The number of rotatable bonds is 9. The van der Waals surface area contributed by atoms with Crippen LogP contribution in [0.15, 0.2) is 64.0 Å². The van der Waals surface area contributed by atoms with Crippen molar-refractivity contribution in [1.82, 2.24) is 10.5 Å². The van der Waals surface area contributed by atoms with E-state index < -0.39 is 0 Å². The predicted octanol–water partition coefficient (Wildman–Crippen LogP) is 4.08. The summed E-state index contributed by atoms with van der Waals surface area (Å²) in [4.78, 5) is 13.1. The molecule has 0 fully saturated rings. The Morgan fingerprint density at radius 1 is 1.18 bits per heavy atom. The van der Waals surface area contributed by atoms with Crippen LogP contribution in [-0.2, 0) is 22.6 Å². The van der Waals surface area contributed by atoms with Crippen LogP contribution in [0, 0.1) is 5.82 Å². The standard InChI is InChI=1S/C21H21FN2O3S/c1-28-19-8-2-15(3-9-19)10-11-23-21(25)14-26-13-18-12-20(27-24-18)16-4-6-17(22)7-5-16/h2-9,12H,10-11,13-14H2,1H3,(H,23,25). The number of ether oxygens (including phenoxy) is 1. The largest absolute Gasteiger partial charge is 0.365 e. The van der Waals surface area contributed by atoms with Crippen LogP contribution in [0.2, 0.25) is 0 Å². The molecule has 0 atom stereocenters. The molecule has 0 aliphatic carbocycles. The monoisotopic (exact) mass is 400 g/mol. The Morgan fingerprint density at radius 3 is 2.64 bits per heavy atom. The maximum absolute atomic E-state index is 13.0. The molecule has 0 aliphatic rings. The van der Waals surface area contributed by atoms with Gasteiger partial charge in [-0.05, 0) is 54.6 Å². The van der Waals surface area contributed by atoms with E-state index in [9.17, 15) is 9.18 Å². The van der Waals surface area contributed by atoms with Gasteiger partial charge in [0, 0.05) is 23.1 Å². The number of halogens is 1. The molecule has 0 saturated carbocycles. The molecule has 0 saturated heterocycles. The highest BCUT2D eigenvalue weighted by Gasteiger charge is 2.08. The molecule has 5 nitrogen and oxygen atoms in total. The first-order valence-electron chi connectivity index (χ1n) is 8.83. The molecule has 3 aromatic rings. The third kappa shape index (κ3) is 5.94. The summed E-state index contributed by atoms with van der Waals surface area (Å²) in [6.07, 6.45) is 2.81. The number of nitrogens with one attached hydrogen (secondary N) is 1. The van der Waals surface area contributed by atoms with Crippen LogP contribution in [0.3, 0.4) is 0 Å². The van der Waals surface area contributed by atoms with Gasteiger partial charge in [-0.2, -0.15) is 0 Å². The molecule has 146 valence electrons. The van der Waals surface area contributed by atoms with Crippen molar-refractivity contribution in [2.45, 2.75) is 17.9 Å². The van der Waals surface area contributed by atoms with Crippen LogP contribution in [0.25, 0.3) is 11.3 Å². The van der Waals surface area contributed by atoms with Crippen molar-refractivity contribution < 1.29 is 18.4 Å². The predicted molar refractivity (Wildman–Crippen MR) is 106 cm³/mol. The van der Waals surface area contributed by atoms with Crippen LogP contribution in [-0.4, -0.2) is 30.5 Å². The van der Waals surface area contributed by atoms with Crippen molar-refractivity contribution in [3.63, 3.8) is 0 Å². The van der Waals surface area contributed by atoms with Gasteiger partial charge in [0.2, 0.25) is 5.91 Å². The van der Waals surface area contributed by atoms with Crippen molar-refractivity contribution in [2.24, 2.45) is 0 Å². The van der Waals surface area contributed by atoms with Gasteiger partial charge in [0.1, 0.15) is 18.1 Å². The Morgan fingerprint density at radius 2 is 1.93 bits per heavy atom. The summed E-state index contributed by atoms with van der Waals surface area (Å²) in [5.41, 5.74) is 2.47. The molecule has 3 rings (SSSR count). The van der Waals surface area contributed by atoms with Crippen LogP contribution < -0.4 is 5.32 Å². The Hall–Kier alpha value is -2.64. The molecule has 0 spiro atoms. The van der Waals surface area contributed by atoms with E-state index in [1.807, 2.05) is 6.26 Å². The normalized spacial score (nSPS) is 10.8. The molecule has 1 aromatic heterocycles. The molecule has 2 aromatic carbocycles. The molecule has 1 N–H and O–H groups in total. The average Bonchev–Trinajstić information content (AvgIpc) is 3.18. The van der Waals surface area contributed by atoms with Gasteiger partial charge >= 0.3 is 0 Å². The smallest absolute Gasteiger partial charge is 0.246 e. The zero-order valence-corrected chi connectivity index (χ0v) is 16.3. The number of benzene rings is 2. The van der Waals surface area contributed by atoms with E-state index in [2.05, 4.69) is 34.7 Å². The van der Waals surface area contributed by atoms with Gasteiger partial charge in [-0.15, -0.1) is 11.8 Å². The lowest BCUT2D eigenvalue weighted by molar-refractivity contribution is -0.126. The van der Waals surface area contributed by atoms with Crippen molar-refractivity contribution in [3.8, 4) is 11.3 Å². The van der Waals surface area contributed by atoms with Gasteiger partial charge in [-0.25, -0.2) is 4.39 Å². The highest BCUT2D eigenvalue weighted by Crippen LogP contribution is 2.20.